The van der Waals surface area contributed by atoms with Gasteiger partial charge in [-0.25, -0.2) is 9.69 Å². The van der Waals surface area contributed by atoms with E-state index in [2.05, 4.69) is 90.2 Å². The Labute approximate surface area is 596 Å². The highest BCUT2D eigenvalue weighted by Gasteiger charge is 2.17. The SMILES string of the molecule is O=C=O.O=C=O.[C-]#[N+]c1sc(N=Nc2ccc(N(CCOCCO)CCOCCOCCO)cc2C)c(C#N)c1C.[C-]#[N+]c1sc(N=Nc2ccc(N(CCOCCOCCOC(=O)CCC/C=C/CCCCC)CCOCCOC(=O)CCC/C=C/CCCCC)cc2C)c(C#N)c1C. The minimum absolute atomic E-state index is 0.00892. The Morgan fingerprint density at radius 2 is 0.810 bits per heavy atom. The summed E-state index contributed by atoms with van der Waals surface area (Å²) in [6, 6.07) is 15.9. The van der Waals surface area contributed by atoms with E-state index in [4.69, 9.17) is 80.4 Å². The molecule has 2 aromatic carbocycles. The van der Waals surface area contributed by atoms with E-state index >= 15 is 0 Å². The molecule has 2 aromatic heterocycles. The molecule has 4 rings (SSSR count). The number of unbranched alkanes of at least 4 members (excludes halogenated alkanes) is 8. The van der Waals surface area contributed by atoms with E-state index in [1.165, 1.54) is 38.5 Å². The van der Waals surface area contributed by atoms with Gasteiger partial charge in [-0.3, -0.25) is 9.59 Å². The third-order valence-electron chi connectivity index (χ3n) is 14.2. The van der Waals surface area contributed by atoms with Crippen LogP contribution in [0.25, 0.3) is 9.69 Å². The number of benzene rings is 2. The van der Waals surface area contributed by atoms with Crippen LogP contribution in [-0.4, -0.2) is 166 Å². The van der Waals surface area contributed by atoms with Crippen LogP contribution in [0.2, 0.25) is 0 Å². The van der Waals surface area contributed by atoms with Gasteiger partial charge in [-0.15, -0.1) is 43.1 Å². The molecular weight excluding hydrogens is 1320 g/mol. The van der Waals surface area contributed by atoms with Crippen molar-refractivity contribution >= 4 is 89.7 Å². The molecule has 0 unspecified atom stereocenters. The molecule has 0 aliphatic heterocycles. The molecule has 100 heavy (non-hydrogen) atoms. The Bertz CT molecular complexity index is 3300. The van der Waals surface area contributed by atoms with Gasteiger partial charge in [0, 0.05) is 50.4 Å². The van der Waals surface area contributed by atoms with Crippen molar-refractivity contribution in [3.05, 3.63) is 117 Å². The van der Waals surface area contributed by atoms with Crippen LogP contribution in [0, 0.1) is 63.5 Å². The number of anilines is 2. The number of aryl methyl sites for hydroxylation is 2. The van der Waals surface area contributed by atoms with Gasteiger partial charge in [-0.1, -0.05) is 63.8 Å². The van der Waals surface area contributed by atoms with Gasteiger partial charge >= 0.3 is 24.2 Å². The van der Waals surface area contributed by atoms with Gasteiger partial charge in [0.15, 0.2) is 0 Å². The third-order valence-corrected chi connectivity index (χ3v) is 16.4. The fourth-order valence-electron chi connectivity index (χ4n) is 8.90. The zero-order valence-electron chi connectivity index (χ0n) is 58.7. The summed E-state index contributed by atoms with van der Waals surface area (Å²) in [6.07, 6.45) is 22.9. The van der Waals surface area contributed by atoms with Crippen LogP contribution in [0.5, 0.6) is 0 Å². The third kappa shape index (κ3) is 40.5. The highest BCUT2D eigenvalue weighted by atomic mass is 32.1. The van der Waals surface area contributed by atoms with Gasteiger partial charge in [0.25, 0.3) is 0 Å². The molecule has 4 aromatic rings. The largest absolute Gasteiger partial charge is 0.463 e. The summed E-state index contributed by atoms with van der Waals surface area (Å²) < 4.78 is 44.3. The molecule has 0 aliphatic carbocycles. The van der Waals surface area contributed by atoms with Crippen molar-refractivity contribution in [3.8, 4) is 12.1 Å². The van der Waals surface area contributed by atoms with Crippen LogP contribution in [0.1, 0.15) is 137 Å². The van der Waals surface area contributed by atoms with E-state index in [0.717, 1.165) is 83.7 Å². The van der Waals surface area contributed by atoms with Crippen molar-refractivity contribution in [2.75, 3.05) is 142 Å². The number of nitrogens with zero attached hydrogens (tertiary/aromatic N) is 10. The summed E-state index contributed by atoms with van der Waals surface area (Å²) in [5.41, 5.74) is 7.04. The first kappa shape index (κ1) is 89.5. The van der Waals surface area contributed by atoms with Gasteiger partial charge in [-0.05, 0) is 138 Å². The molecule has 2 N–H and O–H groups in total. The number of hydrogen-bond acceptors (Lipinski definition) is 26. The lowest BCUT2D eigenvalue weighted by molar-refractivity contribution is -0.193. The average Bonchev–Trinajstić information content (AvgIpc) is 1.63. The molecule has 0 amide bonds. The number of hydrogen-bond donors (Lipinski definition) is 2. The molecule has 0 saturated carbocycles. The second-order valence-electron chi connectivity index (χ2n) is 21.6. The Morgan fingerprint density at radius 1 is 0.490 bits per heavy atom. The Hall–Kier alpha value is -8.54. The maximum Gasteiger partial charge on any atom is 0.373 e. The summed E-state index contributed by atoms with van der Waals surface area (Å²) in [4.78, 5) is 67.9. The van der Waals surface area contributed by atoms with E-state index < -0.39 is 0 Å². The van der Waals surface area contributed by atoms with E-state index in [1.807, 2.05) is 50.2 Å². The maximum absolute atomic E-state index is 12.2. The van der Waals surface area contributed by atoms with E-state index in [9.17, 15) is 20.1 Å². The lowest BCUT2D eigenvalue weighted by atomic mass is 10.1. The second-order valence-corrected chi connectivity index (χ2v) is 23.6. The number of allylic oxidation sites excluding steroid dienone is 4. The lowest BCUT2D eigenvalue weighted by Gasteiger charge is -2.25. The van der Waals surface area contributed by atoms with Crippen LogP contribution < -0.4 is 9.80 Å². The number of aliphatic hydroxyl groups is 2. The summed E-state index contributed by atoms with van der Waals surface area (Å²) in [5, 5.41) is 55.7. The van der Waals surface area contributed by atoms with E-state index in [1.54, 1.807) is 13.8 Å². The van der Waals surface area contributed by atoms with Crippen molar-refractivity contribution in [1.82, 2.24) is 0 Å². The monoisotopic (exact) mass is 1420 g/mol. The molecule has 0 spiro atoms. The molecule has 0 aliphatic rings. The zero-order chi connectivity index (χ0) is 73.6. The van der Waals surface area contributed by atoms with Gasteiger partial charge in [0.05, 0.1) is 128 Å². The van der Waals surface area contributed by atoms with Gasteiger partial charge < -0.3 is 57.9 Å². The van der Waals surface area contributed by atoms with Crippen molar-refractivity contribution in [3.63, 3.8) is 0 Å². The van der Waals surface area contributed by atoms with Crippen LogP contribution in [0.4, 0.5) is 42.8 Å². The van der Waals surface area contributed by atoms with Crippen molar-refractivity contribution < 1.29 is 76.9 Å². The molecular formula is C72H98N10O16S2. The molecule has 544 valence electrons. The molecule has 0 atom stereocenters. The summed E-state index contributed by atoms with van der Waals surface area (Å²) in [5.74, 6) is -0.408. The first-order chi connectivity index (χ1) is 48.7. The molecule has 28 heteroatoms. The van der Waals surface area contributed by atoms with Crippen LogP contribution in [0.15, 0.2) is 81.2 Å². The normalized spacial score (nSPS) is 10.8. The zero-order valence-corrected chi connectivity index (χ0v) is 60.3. The van der Waals surface area contributed by atoms with Gasteiger partial charge in [0.2, 0.25) is 10.0 Å². The summed E-state index contributed by atoms with van der Waals surface area (Å²) >= 11 is 2.32. The Kier molecular flexibility index (Phi) is 54.1. The molecule has 0 fully saturated rings. The number of carbonyl (C=O) groups is 2. The standard InChI is InChI=1S/C46H67N5O7S.C24H31N5O5S.2CO2/c1-6-8-10-12-14-16-18-20-22-43(52)57-34-32-55-29-27-51(26-28-54-30-31-56-33-35-58-44(53)23-21-19-17-15-13-11-9-7-2)40-24-25-42(38(3)36-40)49-50-46-41(37-47)39(4)45(48-5)59-46;1-18-16-20(29(6-10-32-12-8-30)7-11-33-14-15-34-13-9-31)4-5-22(18)27-28-24-21(17-25)19(2)23(26-3)35-24;2*2-1-3/h14-17,24-25,36H,6-13,18-23,26-35H2,1-4H3;4-5,16,30-31H,6-15H2,1-2H3;;/b16-14+,17-15+,50-49?;;;. The average molecular weight is 1420 g/mol. The predicted octanol–water partition coefficient (Wildman–Crippen LogP) is 14.6. The number of aliphatic hydroxyl groups excluding tert-OH is 2. The fraction of sp³-hybridized carbons (Fsp3) is 0.556. The van der Waals surface area contributed by atoms with Crippen LogP contribution in [0.3, 0.4) is 0 Å². The number of carbonyl (C=O) groups excluding carboxylic acids is 6. The number of ether oxygens (including phenoxy) is 8. The first-order valence-electron chi connectivity index (χ1n) is 33.4. The number of esters is 2. The van der Waals surface area contributed by atoms with Gasteiger partial charge in [-0.2, -0.15) is 29.7 Å². The van der Waals surface area contributed by atoms with E-state index in [-0.39, 0.29) is 57.3 Å². The number of azo groups is 2. The topological polar surface area (TPSA) is 329 Å². The highest BCUT2D eigenvalue weighted by molar-refractivity contribution is 7.20. The van der Waals surface area contributed by atoms with Crippen molar-refractivity contribution in [2.24, 2.45) is 20.5 Å². The second kappa shape index (κ2) is 60.4. The minimum atomic E-state index is -0.207. The van der Waals surface area contributed by atoms with E-state index in [0.29, 0.717) is 165 Å². The number of rotatable bonds is 50. The highest BCUT2D eigenvalue weighted by Crippen LogP contribution is 2.43. The Balaban J connectivity index is 0.00000103. The molecule has 0 bridgehead atoms. The van der Waals surface area contributed by atoms with Crippen molar-refractivity contribution in [2.45, 2.75) is 131 Å². The predicted molar refractivity (Wildman–Crippen MR) is 380 cm³/mol. The maximum atomic E-state index is 12.2. The van der Waals surface area contributed by atoms with Crippen LogP contribution in [-0.2, 0) is 66.7 Å². The first-order valence-corrected chi connectivity index (χ1v) is 35.0. The van der Waals surface area contributed by atoms with Crippen LogP contribution >= 0.6 is 22.7 Å². The summed E-state index contributed by atoms with van der Waals surface area (Å²) in [6.45, 7) is 33.8. The smallest absolute Gasteiger partial charge is 0.373 e. The number of thiophene rings is 2. The Morgan fingerprint density at radius 3 is 1.13 bits per heavy atom. The van der Waals surface area contributed by atoms with Gasteiger partial charge in [0.1, 0.15) is 35.4 Å². The quantitative estimate of drug-likeness (QED) is 0.0136. The number of nitriles is 2. The summed E-state index contributed by atoms with van der Waals surface area (Å²) in [7, 11) is 0. The van der Waals surface area contributed by atoms with Crippen molar-refractivity contribution in [1.29, 1.82) is 10.5 Å². The lowest BCUT2D eigenvalue weighted by Crippen LogP contribution is -2.31. The minimum Gasteiger partial charge on any atom is -0.463 e. The molecule has 0 saturated heterocycles. The fourth-order valence-corrected chi connectivity index (χ4v) is 10.6. The molecule has 2 heterocycles. The molecule has 0 radical (unpaired) electrons. The molecule has 26 nitrogen and oxygen atoms in total.